The molecule has 150 valence electrons. The van der Waals surface area contributed by atoms with Gasteiger partial charge in [-0.05, 0) is 31.0 Å². The lowest BCUT2D eigenvalue weighted by Crippen LogP contribution is -2.22. The van der Waals surface area contributed by atoms with Crippen LogP contribution >= 0.6 is 11.6 Å². The van der Waals surface area contributed by atoms with E-state index in [9.17, 15) is 13.2 Å². The van der Waals surface area contributed by atoms with Crippen molar-refractivity contribution < 1.29 is 17.7 Å². The zero-order chi connectivity index (χ0) is 20.8. The number of fused-ring (bicyclic) bond motifs is 3. The second-order valence-electron chi connectivity index (χ2n) is 7.23. The molecule has 2 aromatic carbocycles. The molecule has 2 atom stereocenters. The fourth-order valence-electron chi connectivity index (χ4n) is 3.60. The van der Waals surface area contributed by atoms with Gasteiger partial charge in [0.05, 0.1) is 22.9 Å². The smallest absolute Gasteiger partial charge is 0.358 e. The van der Waals surface area contributed by atoms with Crippen molar-refractivity contribution in [2.24, 2.45) is 10.9 Å². The fraction of sp³-hybridized carbons (Fsp3) is 0.273. The predicted octanol–water partition coefficient (Wildman–Crippen LogP) is 6.78. The largest absolute Gasteiger partial charge is 0.391 e. The minimum atomic E-state index is -4.32. The molecule has 4 rings (SSSR count). The molecule has 29 heavy (non-hydrogen) atoms. The van der Waals surface area contributed by atoms with Gasteiger partial charge in [0.15, 0.2) is 5.76 Å². The van der Waals surface area contributed by atoms with Gasteiger partial charge >= 0.3 is 6.18 Å². The standard InChI is InChI=1S/C22H18ClF3N2O/c1-12(22(24,25)26)11-18-21-19(13(2)28-29-21)16-5-3-4-6-17(16)20(27-18)14-7-9-15(23)10-8-14/h3-10,12,18H,11H2,1-2H3/t12?,18-/m0/s1. The molecule has 0 saturated heterocycles. The number of rotatable bonds is 3. The van der Waals surface area contributed by atoms with E-state index in [1.54, 1.807) is 19.1 Å². The van der Waals surface area contributed by atoms with Crippen molar-refractivity contribution in [2.45, 2.75) is 32.5 Å². The summed E-state index contributed by atoms with van der Waals surface area (Å²) in [7, 11) is 0. The number of benzene rings is 2. The molecule has 7 heteroatoms. The van der Waals surface area contributed by atoms with Crippen molar-refractivity contribution in [3.8, 4) is 11.1 Å². The summed E-state index contributed by atoms with van der Waals surface area (Å²) in [6, 6.07) is 13.9. The first-order chi connectivity index (χ1) is 13.8. The summed E-state index contributed by atoms with van der Waals surface area (Å²) in [6.45, 7) is 2.95. The summed E-state index contributed by atoms with van der Waals surface area (Å²) in [5, 5.41) is 4.60. The molecule has 0 radical (unpaired) electrons. The number of hydrogen-bond acceptors (Lipinski definition) is 3. The second kappa shape index (κ2) is 7.34. The molecule has 0 N–H and O–H groups in total. The van der Waals surface area contributed by atoms with E-state index in [1.165, 1.54) is 6.92 Å². The molecule has 0 fully saturated rings. The molecule has 2 heterocycles. The van der Waals surface area contributed by atoms with Crippen LogP contribution in [0.5, 0.6) is 0 Å². The van der Waals surface area contributed by atoms with Gasteiger partial charge in [-0.25, -0.2) is 0 Å². The summed E-state index contributed by atoms with van der Waals surface area (Å²) in [5.41, 5.74) is 4.41. The van der Waals surface area contributed by atoms with Crippen molar-refractivity contribution >= 4 is 17.3 Å². The quantitative estimate of drug-likeness (QED) is 0.470. The first kappa shape index (κ1) is 19.7. The Morgan fingerprint density at radius 1 is 1.07 bits per heavy atom. The van der Waals surface area contributed by atoms with E-state index >= 15 is 0 Å². The van der Waals surface area contributed by atoms with Crippen LogP contribution in [0.25, 0.3) is 11.1 Å². The summed E-state index contributed by atoms with van der Waals surface area (Å²) in [6.07, 6.45) is -4.54. The van der Waals surface area contributed by atoms with Gasteiger partial charge in [0.1, 0.15) is 6.04 Å². The van der Waals surface area contributed by atoms with E-state index in [2.05, 4.69) is 5.16 Å². The van der Waals surface area contributed by atoms with Crippen LogP contribution in [0, 0.1) is 12.8 Å². The van der Waals surface area contributed by atoms with Gasteiger partial charge in [-0.2, -0.15) is 13.2 Å². The van der Waals surface area contributed by atoms with E-state index in [-0.39, 0.29) is 6.42 Å². The minimum absolute atomic E-state index is 0.226. The Labute approximate surface area is 171 Å². The Balaban J connectivity index is 1.93. The number of hydrogen-bond donors (Lipinski definition) is 0. The highest BCUT2D eigenvalue weighted by molar-refractivity contribution is 6.30. The van der Waals surface area contributed by atoms with Crippen molar-refractivity contribution in [3.63, 3.8) is 0 Å². The zero-order valence-electron chi connectivity index (χ0n) is 15.8. The summed E-state index contributed by atoms with van der Waals surface area (Å²) in [5.74, 6) is -1.17. The van der Waals surface area contributed by atoms with Gasteiger partial charge in [-0.1, -0.05) is 60.1 Å². The second-order valence-corrected chi connectivity index (χ2v) is 7.67. The maximum atomic E-state index is 13.3. The van der Waals surface area contributed by atoms with Gasteiger partial charge in [-0.15, -0.1) is 0 Å². The third kappa shape index (κ3) is 3.69. The van der Waals surface area contributed by atoms with Gasteiger partial charge < -0.3 is 4.52 Å². The van der Waals surface area contributed by atoms with E-state index in [0.29, 0.717) is 27.8 Å². The van der Waals surface area contributed by atoms with Crippen LogP contribution in [-0.4, -0.2) is 17.0 Å². The first-order valence-corrected chi connectivity index (χ1v) is 9.60. The van der Waals surface area contributed by atoms with Crippen molar-refractivity contribution in [1.82, 2.24) is 5.16 Å². The number of aryl methyl sites for hydroxylation is 1. The van der Waals surface area contributed by atoms with Crippen LogP contribution in [0.1, 0.15) is 42.0 Å². The van der Waals surface area contributed by atoms with Crippen LogP contribution in [0.4, 0.5) is 13.2 Å². The van der Waals surface area contributed by atoms with Gasteiger partial charge in [0.2, 0.25) is 0 Å². The monoisotopic (exact) mass is 418 g/mol. The van der Waals surface area contributed by atoms with Crippen LogP contribution in [0.2, 0.25) is 5.02 Å². The van der Waals surface area contributed by atoms with Crippen LogP contribution in [0.3, 0.4) is 0 Å². The average molecular weight is 419 g/mol. The Morgan fingerprint density at radius 2 is 1.72 bits per heavy atom. The fourth-order valence-corrected chi connectivity index (χ4v) is 3.73. The normalized spacial score (nSPS) is 17.2. The number of aromatic nitrogens is 1. The topological polar surface area (TPSA) is 38.4 Å². The number of alkyl halides is 3. The molecule has 0 saturated carbocycles. The lowest BCUT2D eigenvalue weighted by atomic mass is 9.92. The van der Waals surface area contributed by atoms with Crippen LogP contribution in [0.15, 0.2) is 58.0 Å². The van der Waals surface area contributed by atoms with Crippen molar-refractivity contribution in [1.29, 1.82) is 0 Å². The third-order valence-corrected chi connectivity index (χ3v) is 5.43. The SMILES string of the molecule is Cc1noc2c1-c1ccccc1C(c1ccc(Cl)cc1)=N[C@H]2CC(C)C(F)(F)F. The molecule has 1 aliphatic heterocycles. The summed E-state index contributed by atoms with van der Waals surface area (Å²) in [4.78, 5) is 4.76. The molecule has 1 aromatic heterocycles. The highest BCUT2D eigenvalue weighted by atomic mass is 35.5. The highest BCUT2D eigenvalue weighted by Crippen LogP contribution is 2.43. The van der Waals surface area contributed by atoms with Crippen molar-refractivity contribution in [3.05, 3.63) is 76.1 Å². The number of halogens is 4. The third-order valence-electron chi connectivity index (χ3n) is 5.18. The van der Waals surface area contributed by atoms with E-state index < -0.39 is 18.1 Å². The predicted molar refractivity (Wildman–Crippen MR) is 106 cm³/mol. The molecule has 0 bridgehead atoms. The Kier molecular flexibility index (Phi) is 4.99. The maximum Gasteiger partial charge on any atom is 0.391 e. The van der Waals surface area contributed by atoms with E-state index in [1.807, 2.05) is 36.4 Å². The van der Waals surface area contributed by atoms with Crippen molar-refractivity contribution in [2.75, 3.05) is 0 Å². The molecule has 1 unspecified atom stereocenters. The minimum Gasteiger partial charge on any atom is -0.358 e. The van der Waals surface area contributed by atoms with Gasteiger partial charge in [-0.3, -0.25) is 4.99 Å². The average Bonchev–Trinajstić information content (AvgIpc) is 3.00. The van der Waals surface area contributed by atoms with Gasteiger partial charge in [0, 0.05) is 16.1 Å². The first-order valence-electron chi connectivity index (χ1n) is 9.22. The highest BCUT2D eigenvalue weighted by Gasteiger charge is 2.40. The molecule has 1 aliphatic rings. The molecular weight excluding hydrogens is 401 g/mol. The Bertz CT molecular complexity index is 1070. The lowest BCUT2D eigenvalue weighted by Gasteiger charge is -2.19. The Morgan fingerprint density at radius 3 is 2.38 bits per heavy atom. The zero-order valence-corrected chi connectivity index (χ0v) is 16.6. The maximum absolute atomic E-state index is 13.3. The number of aliphatic imine (C=N–C) groups is 1. The number of nitrogens with zero attached hydrogens (tertiary/aromatic N) is 2. The molecule has 3 aromatic rings. The molecule has 0 aliphatic carbocycles. The molecular formula is C22H18ClF3N2O. The molecule has 0 amide bonds. The van der Waals surface area contributed by atoms with E-state index in [0.717, 1.165) is 16.7 Å². The van der Waals surface area contributed by atoms with Crippen LogP contribution in [-0.2, 0) is 0 Å². The Hall–Kier alpha value is -2.60. The van der Waals surface area contributed by atoms with Gasteiger partial charge in [0.25, 0.3) is 0 Å². The molecule has 3 nitrogen and oxygen atoms in total. The summed E-state index contributed by atoms with van der Waals surface area (Å²) < 4.78 is 45.4. The lowest BCUT2D eigenvalue weighted by molar-refractivity contribution is -0.172. The van der Waals surface area contributed by atoms with E-state index in [4.69, 9.17) is 21.1 Å². The summed E-state index contributed by atoms with van der Waals surface area (Å²) >= 11 is 6.02. The van der Waals surface area contributed by atoms with Crippen LogP contribution < -0.4 is 0 Å². The molecule has 0 spiro atoms.